The number of amides is 3. The molecule has 3 amide bonds. The fourth-order valence-electron chi connectivity index (χ4n) is 4.07. The summed E-state index contributed by atoms with van der Waals surface area (Å²) in [6.07, 6.45) is 6.82. The molecule has 6 heteroatoms. The van der Waals surface area contributed by atoms with E-state index in [1.807, 2.05) is 43.3 Å². The molecule has 146 valence electrons. The van der Waals surface area contributed by atoms with Crippen LogP contribution in [-0.4, -0.2) is 35.3 Å². The van der Waals surface area contributed by atoms with Gasteiger partial charge in [-0.15, -0.1) is 5.01 Å². The zero-order valence-corrected chi connectivity index (χ0v) is 16.1. The van der Waals surface area contributed by atoms with Crippen LogP contribution in [0.15, 0.2) is 41.5 Å². The minimum absolute atomic E-state index is 0.246. The van der Waals surface area contributed by atoms with Gasteiger partial charge in [0.25, 0.3) is 5.91 Å². The molecule has 1 heterocycles. The van der Waals surface area contributed by atoms with Gasteiger partial charge in [0.1, 0.15) is 11.3 Å². The quantitative estimate of drug-likeness (QED) is 0.625. The molecular weight excluding hydrogens is 354 g/mol. The largest absolute Gasteiger partial charge is 0.493 e. The van der Waals surface area contributed by atoms with Crippen molar-refractivity contribution < 1.29 is 14.3 Å². The second-order valence-corrected chi connectivity index (χ2v) is 7.48. The van der Waals surface area contributed by atoms with E-state index in [1.54, 1.807) is 6.21 Å². The Morgan fingerprint density at radius 2 is 1.93 bits per heavy atom. The maximum atomic E-state index is 12.9. The van der Waals surface area contributed by atoms with E-state index in [-0.39, 0.29) is 5.91 Å². The Labute approximate surface area is 164 Å². The Morgan fingerprint density at radius 1 is 1.14 bits per heavy atom. The van der Waals surface area contributed by atoms with Gasteiger partial charge in [0.2, 0.25) is 0 Å². The van der Waals surface area contributed by atoms with Crippen LogP contribution in [-0.2, 0) is 4.79 Å². The van der Waals surface area contributed by atoms with Gasteiger partial charge in [-0.2, -0.15) is 5.10 Å². The highest BCUT2D eigenvalue weighted by molar-refractivity contribution is 6.08. The molecule has 0 unspecified atom stereocenters. The topological polar surface area (TPSA) is 71.0 Å². The number of imide groups is 1. The minimum Gasteiger partial charge on any atom is -0.493 e. The second-order valence-electron chi connectivity index (χ2n) is 7.48. The third-order valence-electron chi connectivity index (χ3n) is 5.54. The monoisotopic (exact) mass is 379 g/mol. The Bertz CT molecular complexity index is 932. The Kier molecular flexibility index (Phi) is 5.03. The first kappa shape index (κ1) is 18.5. The molecule has 1 spiro atoms. The highest BCUT2D eigenvalue weighted by Crippen LogP contribution is 2.34. The van der Waals surface area contributed by atoms with Crippen LogP contribution in [0.4, 0.5) is 4.79 Å². The minimum atomic E-state index is -0.771. The van der Waals surface area contributed by atoms with Gasteiger partial charge in [0, 0.05) is 5.56 Å². The molecule has 1 N–H and O–H groups in total. The fourth-order valence-corrected chi connectivity index (χ4v) is 4.07. The van der Waals surface area contributed by atoms with Crippen LogP contribution in [0.1, 0.15) is 51.0 Å². The maximum absolute atomic E-state index is 12.9. The average Bonchev–Trinajstić information content (AvgIpc) is 2.94. The number of urea groups is 1. The molecule has 28 heavy (non-hydrogen) atoms. The Balaban J connectivity index is 1.68. The van der Waals surface area contributed by atoms with Crippen molar-refractivity contribution in [1.82, 2.24) is 10.3 Å². The van der Waals surface area contributed by atoms with E-state index in [0.717, 1.165) is 47.0 Å². The van der Waals surface area contributed by atoms with Crippen LogP contribution in [0.25, 0.3) is 10.8 Å². The molecule has 1 aliphatic carbocycles. The summed E-state index contributed by atoms with van der Waals surface area (Å²) < 4.78 is 5.88. The van der Waals surface area contributed by atoms with Crippen molar-refractivity contribution in [2.75, 3.05) is 6.61 Å². The van der Waals surface area contributed by atoms with Crippen LogP contribution in [0.5, 0.6) is 5.75 Å². The number of benzene rings is 2. The molecule has 2 aromatic rings. The van der Waals surface area contributed by atoms with Gasteiger partial charge in [-0.1, -0.05) is 56.5 Å². The molecule has 1 saturated carbocycles. The Morgan fingerprint density at radius 3 is 2.71 bits per heavy atom. The lowest BCUT2D eigenvalue weighted by atomic mass is 9.82. The predicted molar refractivity (Wildman–Crippen MR) is 109 cm³/mol. The van der Waals surface area contributed by atoms with Gasteiger partial charge in [-0.05, 0) is 36.1 Å². The zero-order chi connectivity index (χ0) is 19.6. The number of ether oxygens (including phenoxy) is 1. The van der Waals surface area contributed by atoms with Gasteiger partial charge in [-0.3, -0.25) is 4.79 Å². The van der Waals surface area contributed by atoms with Crippen LogP contribution in [0.2, 0.25) is 0 Å². The summed E-state index contributed by atoms with van der Waals surface area (Å²) >= 11 is 0. The number of nitrogens with zero attached hydrogens (tertiary/aromatic N) is 2. The first-order valence-electron chi connectivity index (χ1n) is 10.00. The molecule has 2 fully saturated rings. The van der Waals surface area contributed by atoms with Crippen molar-refractivity contribution in [3.05, 3.63) is 42.0 Å². The molecule has 0 atom stereocenters. The summed E-state index contributed by atoms with van der Waals surface area (Å²) in [5.74, 6) is 0.452. The van der Waals surface area contributed by atoms with E-state index >= 15 is 0 Å². The van der Waals surface area contributed by atoms with E-state index in [1.165, 1.54) is 0 Å². The number of carbonyl (C=O) groups excluding carboxylic acids is 2. The van der Waals surface area contributed by atoms with Gasteiger partial charge in [0.15, 0.2) is 0 Å². The van der Waals surface area contributed by atoms with Crippen molar-refractivity contribution in [3.63, 3.8) is 0 Å². The summed E-state index contributed by atoms with van der Waals surface area (Å²) in [5, 5.41) is 10.2. The first-order chi connectivity index (χ1) is 13.6. The smallest absolute Gasteiger partial charge is 0.346 e. The molecule has 2 aliphatic rings. The van der Waals surface area contributed by atoms with Crippen molar-refractivity contribution >= 4 is 28.9 Å². The van der Waals surface area contributed by atoms with Crippen molar-refractivity contribution in [2.45, 2.75) is 51.0 Å². The summed E-state index contributed by atoms with van der Waals surface area (Å²) in [6, 6.07) is 11.4. The molecule has 2 aromatic carbocycles. The third kappa shape index (κ3) is 3.23. The second kappa shape index (κ2) is 7.62. The van der Waals surface area contributed by atoms with E-state index in [2.05, 4.69) is 10.4 Å². The number of rotatable bonds is 5. The Hall–Kier alpha value is -2.89. The van der Waals surface area contributed by atoms with E-state index < -0.39 is 11.6 Å². The molecule has 6 nitrogen and oxygen atoms in total. The molecular formula is C22H25N3O3. The number of hydrazone groups is 1. The molecule has 0 radical (unpaired) electrons. The molecule has 0 aromatic heterocycles. The first-order valence-corrected chi connectivity index (χ1v) is 10.00. The number of nitrogens with one attached hydrogen (secondary N) is 1. The van der Waals surface area contributed by atoms with Crippen LogP contribution in [0, 0.1) is 0 Å². The number of hydrogen-bond donors (Lipinski definition) is 1. The van der Waals surface area contributed by atoms with Gasteiger partial charge < -0.3 is 10.1 Å². The zero-order valence-electron chi connectivity index (χ0n) is 16.1. The summed E-state index contributed by atoms with van der Waals surface area (Å²) in [7, 11) is 0. The highest BCUT2D eigenvalue weighted by atomic mass is 16.5. The van der Waals surface area contributed by atoms with Crippen LogP contribution < -0.4 is 10.1 Å². The predicted octanol–water partition coefficient (Wildman–Crippen LogP) is 4.22. The number of carbonyl (C=O) groups is 2. The third-order valence-corrected chi connectivity index (χ3v) is 5.54. The van der Waals surface area contributed by atoms with Crippen LogP contribution >= 0.6 is 0 Å². The molecule has 0 bridgehead atoms. The van der Waals surface area contributed by atoms with Crippen molar-refractivity contribution in [3.8, 4) is 5.75 Å². The van der Waals surface area contributed by atoms with Crippen molar-refractivity contribution in [1.29, 1.82) is 0 Å². The molecule has 1 aliphatic heterocycles. The fraction of sp³-hybridized carbons (Fsp3) is 0.409. The van der Waals surface area contributed by atoms with Crippen LogP contribution in [0.3, 0.4) is 0 Å². The van der Waals surface area contributed by atoms with Crippen molar-refractivity contribution in [2.24, 2.45) is 5.10 Å². The highest BCUT2D eigenvalue weighted by Gasteiger charge is 2.51. The van der Waals surface area contributed by atoms with Gasteiger partial charge in [0.05, 0.1) is 12.8 Å². The van der Waals surface area contributed by atoms with E-state index in [0.29, 0.717) is 25.2 Å². The average molecular weight is 379 g/mol. The normalized spacial score (nSPS) is 19.0. The van der Waals surface area contributed by atoms with E-state index in [4.69, 9.17) is 4.74 Å². The molecule has 1 saturated heterocycles. The SMILES string of the molecule is CCCOc1ccc2ccccc2c1/C=N\N1C(=O)NC2(CCCCC2)C1=O. The number of fused-ring (bicyclic) bond motifs is 1. The van der Waals surface area contributed by atoms with Gasteiger partial charge >= 0.3 is 6.03 Å². The van der Waals surface area contributed by atoms with Gasteiger partial charge in [-0.25, -0.2) is 4.79 Å². The number of hydrogen-bond acceptors (Lipinski definition) is 4. The summed E-state index contributed by atoms with van der Waals surface area (Å²) in [4.78, 5) is 25.4. The van der Waals surface area contributed by atoms with E-state index in [9.17, 15) is 9.59 Å². The summed E-state index contributed by atoms with van der Waals surface area (Å²) in [5.41, 5.74) is 0.00390. The summed E-state index contributed by atoms with van der Waals surface area (Å²) in [6.45, 7) is 2.64. The lowest BCUT2D eigenvalue weighted by molar-refractivity contribution is -0.132. The lowest BCUT2D eigenvalue weighted by Gasteiger charge is -2.29. The lowest BCUT2D eigenvalue weighted by Crippen LogP contribution is -2.48. The maximum Gasteiger partial charge on any atom is 0.346 e. The molecule has 4 rings (SSSR count). The standard InChI is InChI=1S/C22H25N3O3/c1-2-14-28-19-11-10-16-8-4-5-9-17(16)18(19)15-23-25-20(26)22(24-21(25)27)12-6-3-7-13-22/h4-5,8-11,15H,2-3,6-7,12-14H2,1H3,(H,24,27)/b23-15-.